The summed E-state index contributed by atoms with van der Waals surface area (Å²) in [5, 5.41) is 0. The van der Waals surface area contributed by atoms with Gasteiger partial charge in [0, 0.05) is 5.56 Å². The molecule has 0 amide bonds. The molecule has 0 bridgehead atoms. The summed E-state index contributed by atoms with van der Waals surface area (Å²) < 4.78 is 4.39. The lowest BCUT2D eigenvalue weighted by Gasteiger charge is -2.08. The fraction of sp³-hybridized carbons (Fsp3) is 0.308. The number of ketones is 2. The number of esters is 1. The van der Waals surface area contributed by atoms with Gasteiger partial charge < -0.3 is 4.74 Å². The van der Waals surface area contributed by atoms with Crippen molar-refractivity contribution >= 4 is 17.5 Å². The van der Waals surface area contributed by atoms with Gasteiger partial charge in [-0.15, -0.1) is 0 Å². The maximum absolute atomic E-state index is 11.9. The first-order valence-electron chi connectivity index (χ1n) is 5.25. The highest BCUT2D eigenvalue weighted by molar-refractivity contribution is 6.13. The number of Topliss-reactive ketones (excluding diaryl/α,β-unsaturated/α-hetero) is 2. The third-order valence-corrected chi connectivity index (χ3v) is 2.48. The van der Waals surface area contributed by atoms with E-state index in [9.17, 15) is 14.4 Å². The molecule has 0 heterocycles. The third-order valence-electron chi connectivity index (χ3n) is 2.48. The van der Waals surface area contributed by atoms with E-state index in [0.29, 0.717) is 5.56 Å². The Balaban J connectivity index is 2.70. The molecule has 4 nitrogen and oxygen atoms in total. The van der Waals surface area contributed by atoms with Crippen LogP contribution in [0.1, 0.15) is 23.7 Å². The van der Waals surface area contributed by atoms with E-state index < -0.39 is 17.7 Å². The minimum atomic E-state index is -0.823. The smallest absolute Gasteiger partial charge is 0.313 e. The molecule has 0 aliphatic heterocycles. The Morgan fingerprint density at radius 1 is 1.18 bits per heavy atom. The van der Waals surface area contributed by atoms with Gasteiger partial charge in [0.05, 0.1) is 13.0 Å². The molecule has 0 aliphatic rings. The normalized spacial score (nSPS) is 11.6. The van der Waals surface area contributed by atoms with Crippen molar-refractivity contribution < 1.29 is 19.1 Å². The molecule has 90 valence electrons. The fourth-order valence-electron chi connectivity index (χ4n) is 1.37. The zero-order valence-corrected chi connectivity index (χ0v) is 9.80. The van der Waals surface area contributed by atoms with Crippen LogP contribution in [0.4, 0.5) is 0 Å². The third kappa shape index (κ3) is 3.52. The zero-order chi connectivity index (χ0) is 12.8. The van der Waals surface area contributed by atoms with E-state index in [0.717, 1.165) is 0 Å². The first-order chi connectivity index (χ1) is 8.06. The minimum Gasteiger partial charge on any atom is -0.469 e. The maximum Gasteiger partial charge on any atom is 0.313 e. The molecular formula is C13H14O4. The molecule has 1 rings (SSSR count). The quantitative estimate of drug-likeness (QED) is 0.441. The second kappa shape index (κ2) is 5.94. The Hall–Kier alpha value is -1.97. The summed E-state index contributed by atoms with van der Waals surface area (Å²) >= 11 is 0. The summed E-state index contributed by atoms with van der Waals surface area (Å²) in [6, 6.07) is 8.53. The molecule has 1 aromatic carbocycles. The van der Waals surface area contributed by atoms with Crippen molar-refractivity contribution in [2.45, 2.75) is 13.3 Å². The highest BCUT2D eigenvalue weighted by Gasteiger charge is 2.24. The summed E-state index contributed by atoms with van der Waals surface area (Å²) in [5.41, 5.74) is 0.471. The monoisotopic (exact) mass is 234 g/mol. The highest BCUT2D eigenvalue weighted by Crippen LogP contribution is 2.11. The lowest BCUT2D eigenvalue weighted by atomic mass is 9.94. The van der Waals surface area contributed by atoms with Crippen LogP contribution in [0.5, 0.6) is 0 Å². The molecule has 1 aromatic rings. The summed E-state index contributed by atoms with van der Waals surface area (Å²) in [4.78, 5) is 34.4. The molecule has 0 aromatic heterocycles. The lowest BCUT2D eigenvalue weighted by Crippen LogP contribution is -2.24. The fourth-order valence-corrected chi connectivity index (χ4v) is 1.37. The van der Waals surface area contributed by atoms with Gasteiger partial charge in [-0.1, -0.05) is 30.3 Å². The molecule has 0 spiro atoms. The number of carbonyl (C=O) groups excluding carboxylic acids is 3. The van der Waals surface area contributed by atoms with Crippen molar-refractivity contribution in [1.29, 1.82) is 0 Å². The van der Waals surface area contributed by atoms with E-state index in [1.165, 1.54) is 14.0 Å². The lowest BCUT2D eigenvalue weighted by molar-refractivity contribution is -0.143. The summed E-state index contributed by atoms with van der Waals surface area (Å²) in [6.45, 7) is 1.50. The van der Waals surface area contributed by atoms with Gasteiger partial charge in [0.1, 0.15) is 6.42 Å². The van der Waals surface area contributed by atoms with Gasteiger partial charge in [-0.05, 0) is 6.92 Å². The molecule has 0 N–H and O–H groups in total. The van der Waals surface area contributed by atoms with Gasteiger partial charge in [-0.3, -0.25) is 14.4 Å². The molecule has 0 aliphatic carbocycles. The van der Waals surface area contributed by atoms with Gasteiger partial charge in [-0.25, -0.2) is 0 Å². The van der Waals surface area contributed by atoms with Crippen LogP contribution in [0.3, 0.4) is 0 Å². The van der Waals surface area contributed by atoms with E-state index in [2.05, 4.69) is 4.74 Å². The van der Waals surface area contributed by atoms with Crippen molar-refractivity contribution in [1.82, 2.24) is 0 Å². The summed E-state index contributed by atoms with van der Waals surface area (Å²) in [5.74, 6) is -2.15. The van der Waals surface area contributed by atoms with Crippen LogP contribution in [0.2, 0.25) is 0 Å². The second-order valence-corrected chi connectivity index (χ2v) is 3.67. The standard InChI is InChI=1S/C13H14O4/c1-9(11(14)8-12(15)17-2)13(16)10-6-4-3-5-7-10/h3-7,9H,8H2,1-2H3. The Morgan fingerprint density at radius 3 is 2.29 bits per heavy atom. The van der Waals surface area contributed by atoms with Crippen LogP contribution < -0.4 is 0 Å². The molecular weight excluding hydrogens is 220 g/mol. The van der Waals surface area contributed by atoms with Crippen LogP contribution in [0, 0.1) is 5.92 Å². The van der Waals surface area contributed by atoms with Crippen LogP contribution in [-0.4, -0.2) is 24.6 Å². The molecule has 1 atom stereocenters. The Bertz CT molecular complexity index is 422. The number of benzene rings is 1. The van der Waals surface area contributed by atoms with Crippen molar-refractivity contribution in [2.75, 3.05) is 7.11 Å². The minimum absolute atomic E-state index is 0.278. The van der Waals surface area contributed by atoms with Crippen LogP contribution in [-0.2, 0) is 14.3 Å². The van der Waals surface area contributed by atoms with Crippen LogP contribution in [0.25, 0.3) is 0 Å². The van der Waals surface area contributed by atoms with Crippen LogP contribution in [0.15, 0.2) is 30.3 Å². The SMILES string of the molecule is COC(=O)CC(=O)C(C)C(=O)c1ccccc1. The van der Waals surface area contributed by atoms with Crippen molar-refractivity contribution in [3.63, 3.8) is 0 Å². The number of hydrogen-bond donors (Lipinski definition) is 0. The average molecular weight is 234 g/mol. The molecule has 0 radical (unpaired) electrons. The molecule has 0 fully saturated rings. The molecule has 0 saturated heterocycles. The van der Waals surface area contributed by atoms with E-state index in [1.807, 2.05) is 0 Å². The summed E-state index contributed by atoms with van der Waals surface area (Å²) in [7, 11) is 1.21. The van der Waals surface area contributed by atoms with Crippen molar-refractivity contribution in [3.8, 4) is 0 Å². The maximum atomic E-state index is 11.9. The van der Waals surface area contributed by atoms with Gasteiger partial charge in [0.25, 0.3) is 0 Å². The predicted molar refractivity (Wildman–Crippen MR) is 61.6 cm³/mol. The molecule has 1 unspecified atom stereocenters. The first-order valence-corrected chi connectivity index (χ1v) is 5.25. The summed E-state index contributed by atoms with van der Waals surface area (Å²) in [6.07, 6.45) is -0.365. The van der Waals surface area contributed by atoms with Crippen molar-refractivity contribution in [2.24, 2.45) is 5.92 Å². The molecule has 4 heteroatoms. The van der Waals surface area contributed by atoms with Crippen LogP contribution >= 0.6 is 0 Å². The van der Waals surface area contributed by atoms with Gasteiger partial charge >= 0.3 is 5.97 Å². The number of rotatable bonds is 5. The van der Waals surface area contributed by atoms with E-state index in [4.69, 9.17) is 0 Å². The average Bonchev–Trinajstić information content (AvgIpc) is 2.37. The Morgan fingerprint density at radius 2 is 1.76 bits per heavy atom. The van der Waals surface area contributed by atoms with Gasteiger partial charge in [0.15, 0.2) is 11.6 Å². The number of hydrogen-bond acceptors (Lipinski definition) is 4. The number of ether oxygens (including phenoxy) is 1. The van der Waals surface area contributed by atoms with Gasteiger partial charge in [-0.2, -0.15) is 0 Å². The second-order valence-electron chi connectivity index (χ2n) is 3.67. The van der Waals surface area contributed by atoms with E-state index >= 15 is 0 Å². The van der Waals surface area contributed by atoms with Gasteiger partial charge in [0.2, 0.25) is 0 Å². The number of carbonyl (C=O) groups is 3. The Labute approximate surface area is 99.6 Å². The number of methoxy groups -OCH3 is 1. The first kappa shape index (κ1) is 13.1. The topological polar surface area (TPSA) is 60.4 Å². The van der Waals surface area contributed by atoms with Crippen molar-refractivity contribution in [3.05, 3.63) is 35.9 Å². The van der Waals surface area contributed by atoms with E-state index in [-0.39, 0.29) is 12.2 Å². The highest BCUT2D eigenvalue weighted by atomic mass is 16.5. The molecule has 17 heavy (non-hydrogen) atoms. The molecule has 0 saturated carbocycles. The predicted octanol–water partition coefficient (Wildman–Crippen LogP) is 1.64. The zero-order valence-electron chi connectivity index (χ0n) is 9.80. The largest absolute Gasteiger partial charge is 0.469 e. The van der Waals surface area contributed by atoms with E-state index in [1.54, 1.807) is 30.3 Å². The Kier molecular flexibility index (Phi) is 4.57.